The molecule has 2 N–H and O–H groups in total. The fourth-order valence-corrected chi connectivity index (χ4v) is 4.51. The average Bonchev–Trinajstić information content (AvgIpc) is 3.70. The molecule has 3 aromatic carbocycles. The van der Waals surface area contributed by atoms with Gasteiger partial charge < -0.3 is 24.8 Å². The van der Waals surface area contributed by atoms with Crippen molar-refractivity contribution >= 4 is 29.4 Å². The minimum absolute atomic E-state index is 0.0208. The Bertz CT molecular complexity index is 1410. The van der Waals surface area contributed by atoms with Crippen molar-refractivity contribution < 1.29 is 32.6 Å². The highest BCUT2D eigenvalue weighted by Gasteiger charge is 2.30. The van der Waals surface area contributed by atoms with E-state index < -0.39 is 12.7 Å². The Morgan fingerprint density at radius 2 is 1.69 bits per heavy atom. The molecule has 1 aliphatic carbocycles. The SMILES string of the molecule is COc1ccc(C(=O)Nc2ccc(NC(=O)C3CCCN3/N=C/c3ccc(OC(F)F)c(OCC4CC4)c3)cc2)cc1. The number of hydrogen-bond acceptors (Lipinski definition) is 7. The lowest BCUT2D eigenvalue weighted by atomic mass is 10.2. The molecule has 11 heteroatoms. The quantitative estimate of drug-likeness (QED) is 0.265. The standard InChI is InChI=1S/C31H32F2N4O5/c1-40-25-13-7-22(8-14-25)29(38)35-23-9-11-24(12-10-23)36-30(39)26-3-2-16-37(26)34-18-21-6-15-27(42-31(32)33)28(17-21)41-19-20-4-5-20/h6-15,17-18,20,26,31H,2-5,16,19H2,1H3,(H,35,38)(H,36,39)/b34-18+. The topological polar surface area (TPSA) is 101 Å². The van der Waals surface area contributed by atoms with Crippen molar-refractivity contribution in [3.8, 4) is 17.2 Å². The molecule has 0 radical (unpaired) electrons. The van der Waals surface area contributed by atoms with Gasteiger partial charge in [-0.3, -0.25) is 14.6 Å². The third kappa shape index (κ3) is 7.74. The molecule has 0 bridgehead atoms. The van der Waals surface area contributed by atoms with Gasteiger partial charge in [-0.25, -0.2) is 0 Å². The summed E-state index contributed by atoms with van der Waals surface area (Å²) in [6.07, 6.45) is 5.15. The second kappa shape index (κ2) is 13.3. The second-order valence-corrected chi connectivity index (χ2v) is 10.2. The van der Waals surface area contributed by atoms with Crippen molar-refractivity contribution in [1.29, 1.82) is 0 Å². The van der Waals surface area contributed by atoms with Crippen molar-refractivity contribution in [2.24, 2.45) is 11.0 Å². The Balaban J connectivity index is 1.17. The van der Waals surface area contributed by atoms with Crippen LogP contribution < -0.4 is 24.8 Å². The summed E-state index contributed by atoms with van der Waals surface area (Å²) >= 11 is 0. The van der Waals surface area contributed by atoms with Crippen LogP contribution in [-0.2, 0) is 4.79 Å². The molecule has 2 aliphatic rings. The largest absolute Gasteiger partial charge is 0.497 e. The van der Waals surface area contributed by atoms with Crippen molar-refractivity contribution in [3.63, 3.8) is 0 Å². The monoisotopic (exact) mass is 578 g/mol. The average molecular weight is 579 g/mol. The maximum absolute atomic E-state index is 13.1. The number of nitrogens with zero attached hydrogens (tertiary/aromatic N) is 2. The van der Waals surface area contributed by atoms with Crippen LogP contribution in [0.3, 0.4) is 0 Å². The third-order valence-electron chi connectivity index (χ3n) is 7.00. The summed E-state index contributed by atoms with van der Waals surface area (Å²) < 4.78 is 41.1. The molecule has 1 saturated heterocycles. The molecule has 1 unspecified atom stereocenters. The van der Waals surface area contributed by atoms with Crippen LogP contribution in [0, 0.1) is 5.92 Å². The zero-order valence-electron chi connectivity index (χ0n) is 23.1. The van der Waals surface area contributed by atoms with Crippen molar-refractivity contribution in [1.82, 2.24) is 5.01 Å². The summed E-state index contributed by atoms with van der Waals surface area (Å²) in [5, 5.41) is 12.0. The molecule has 1 heterocycles. The summed E-state index contributed by atoms with van der Waals surface area (Å²) in [4.78, 5) is 25.6. The maximum Gasteiger partial charge on any atom is 0.387 e. The molecule has 0 aromatic heterocycles. The Morgan fingerprint density at radius 1 is 0.976 bits per heavy atom. The Morgan fingerprint density at radius 3 is 2.36 bits per heavy atom. The van der Waals surface area contributed by atoms with Crippen molar-refractivity contribution in [2.45, 2.75) is 38.3 Å². The van der Waals surface area contributed by atoms with E-state index in [9.17, 15) is 18.4 Å². The first-order valence-corrected chi connectivity index (χ1v) is 13.8. The summed E-state index contributed by atoms with van der Waals surface area (Å²) in [5.74, 6) is 0.871. The van der Waals surface area contributed by atoms with Gasteiger partial charge in [0.15, 0.2) is 11.5 Å². The predicted octanol–water partition coefficient (Wildman–Crippen LogP) is 5.77. The fourth-order valence-electron chi connectivity index (χ4n) is 4.51. The summed E-state index contributed by atoms with van der Waals surface area (Å²) in [5.41, 5.74) is 2.31. The fraction of sp³-hybridized carbons (Fsp3) is 0.323. The first-order chi connectivity index (χ1) is 20.4. The van der Waals surface area contributed by atoms with E-state index in [2.05, 4.69) is 20.5 Å². The Labute approximate surface area is 242 Å². The van der Waals surface area contributed by atoms with E-state index >= 15 is 0 Å². The van der Waals surface area contributed by atoms with E-state index in [4.69, 9.17) is 9.47 Å². The highest BCUT2D eigenvalue weighted by atomic mass is 19.3. The van der Waals surface area contributed by atoms with Gasteiger partial charge in [0, 0.05) is 23.5 Å². The number of methoxy groups -OCH3 is 1. The first kappa shape index (κ1) is 28.8. The molecule has 2 fully saturated rings. The smallest absolute Gasteiger partial charge is 0.387 e. The lowest BCUT2D eigenvalue weighted by molar-refractivity contribution is -0.120. The molecular formula is C31H32F2N4O5. The van der Waals surface area contributed by atoms with Crippen LogP contribution in [0.1, 0.15) is 41.6 Å². The highest BCUT2D eigenvalue weighted by molar-refractivity contribution is 6.04. The number of benzene rings is 3. The van der Waals surface area contributed by atoms with E-state index in [0.717, 1.165) is 19.3 Å². The van der Waals surface area contributed by atoms with Crippen LogP contribution in [0.25, 0.3) is 0 Å². The van der Waals surface area contributed by atoms with Gasteiger partial charge in [0.1, 0.15) is 11.8 Å². The van der Waals surface area contributed by atoms with Gasteiger partial charge in [-0.2, -0.15) is 13.9 Å². The maximum atomic E-state index is 13.1. The van der Waals surface area contributed by atoms with Crippen LogP contribution in [0.4, 0.5) is 20.2 Å². The second-order valence-electron chi connectivity index (χ2n) is 10.2. The van der Waals surface area contributed by atoms with Gasteiger partial charge in [-0.1, -0.05) is 0 Å². The first-order valence-electron chi connectivity index (χ1n) is 13.8. The Hall–Kier alpha value is -4.67. The van der Waals surface area contributed by atoms with E-state index in [1.807, 2.05) is 0 Å². The molecule has 9 nitrogen and oxygen atoms in total. The number of hydrogen-bond donors (Lipinski definition) is 2. The number of nitrogens with one attached hydrogen (secondary N) is 2. The molecule has 42 heavy (non-hydrogen) atoms. The molecule has 1 saturated carbocycles. The van der Waals surface area contributed by atoms with E-state index in [-0.39, 0.29) is 23.3 Å². The number of amides is 2. The van der Waals surface area contributed by atoms with Crippen LogP contribution in [0.15, 0.2) is 71.8 Å². The van der Waals surface area contributed by atoms with E-state index in [1.54, 1.807) is 79.0 Å². The van der Waals surface area contributed by atoms with Crippen LogP contribution >= 0.6 is 0 Å². The van der Waals surface area contributed by atoms with Gasteiger partial charge in [0.2, 0.25) is 5.91 Å². The minimum atomic E-state index is -2.95. The van der Waals surface area contributed by atoms with Gasteiger partial charge in [0.25, 0.3) is 5.91 Å². The summed E-state index contributed by atoms with van der Waals surface area (Å²) in [6.45, 7) is -1.90. The number of ether oxygens (including phenoxy) is 3. The number of anilines is 2. The third-order valence-corrected chi connectivity index (χ3v) is 7.00. The van der Waals surface area contributed by atoms with Crippen LogP contribution in [0.2, 0.25) is 0 Å². The number of halogens is 2. The molecule has 220 valence electrons. The summed E-state index contributed by atoms with van der Waals surface area (Å²) in [6, 6.07) is 17.9. The van der Waals surface area contributed by atoms with Gasteiger partial charge >= 0.3 is 6.61 Å². The van der Waals surface area contributed by atoms with Gasteiger partial charge in [-0.05, 0) is 104 Å². The van der Waals surface area contributed by atoms with Crippen molar-refractivity contribution in [3.05, 3.63) is 77.9 Å². The number of hydrazone groups is 1. The normalized spacial score (nSPS) is 16.5. The molecular weight excluding hydrogens is 546 g/mol. The number of carbonyl (C=O) groups excluding carboxylic acids is 2. The lowest BCUT2D eigenvalue weighted by Crippen LogP contribution is -2.36. The highest BCUT2D eigenvalue weighted by Crippen LogP contribution is 2.34. The van der Waals surface area contributed by atoms with Crippen LogP contribution in [-0.4, -0.2) is 56.0 Å². The molecule has 3 aromatic rings. The van der Waals surface area contributed by atoms with E-state index in [1.165, 1.54) is 6.07 Å². The van der Waals surface area contributed by atoms with Crippen LogP contribution in [0.5, 0.6) is 17.2 Å². The van der Waals surface area contributed by atoms with E-state index in [0.29, 0.717) is 53.7 Å². The van der Waals surface area contributed by atoms with Crippen molar-refractivity contribution in [2.75, 3.05) is 30.9 Å². The molecule has 2 amide bonds. The Kier molecular flexibility index (Phi) is 9.15. The number of rotatable bonds is 12. The zero-order valence-corrected chi connectivity index (χ0v) is 23.1. The van der Waals surface area contributed by atoms with Gasteiger partial charge in [0.05, 0.1) is 19.9 Å². The minimum Gasteiger partial charge on any atom is -0.497 e. The predicted molar refractivity (Wildman–Crippen MR) is 155 cm³/mol. The molecule has 1 atom stereocenters. The zero-order chi connectivity index (χ0) is 29.5. The lowest BCUT2D eigenvalue weighted by Gasteiger charge is -2.21. The van der Waals surface area contributed by atoms with Gasteiger partial charge in [-0.15, -0.1) is 0 Å². The number of carbonyl (C=O) groups is 2. The number of alkyl halides is 2. The molecule has 5 rings (SSSR count). The molecule has 0 spiro atoms. The molecule has 1 aliphatic heterocycles. The summed E-state index contributed by atoms with van der Waals surface area (Å²) in [7, 11) is 1.56.